The molecule has 0 bridgehead atoms. The molecule has 262 valence electrons. The van der Waals surface area contributed by atoms with Gasteiger partial charge in [-0.1, -0.05) is 141 Å². The van der Waals surface area contributed by atoms with Gasteiger partial charge in [-0.25, -0.2) is 0 Å². The summed E-state index contributed by atoms with van der Waals surface area (Å²) in [6, 6.07) is 66.7. The molecule has 0 atom stereocenters. The number of furan rings is 1. The molecule has 2 aliphatic carbocycles. The van der Waals surface area contributed by atoms with Crippen molar-refractivity contribution in [1.82, 2.24) is 0 Å². The minimum atomic E-state index is -0.376. The Bertz CT molecular complexity index is 2920. The van der Waals surface area contributed by atoms with Crippen LogP contribution >= 0.6 is 0 Å². The van der Waals surface area contributed by atoms with E-state index in [2.05, 4.69) is 208 Å². The van der Waals surface area contributed by atoms with Crippen LogP contribution in [0.5, 0.6) is 0 Å². The zero-order valence-corrected chi connectivity index (χ0v) is 31.2. The first-order chi connectivity index (χ1) is 26.9. The fourth-order valence-electron chi connectivity index (χ4n) is 9.81. The number of benzene rings is 8. The maximum Gasteiger partial charge on any atom is 0.136 e. The van der Waals surface area contributed by atoms with Crippen LogP contribution in [-0.4, -0.2) is 0 Å². The van der Waals surface area contributed by atoms with E-state index in [4.69, 9.17) is 4.42 Å². The summed E-state index contributed by atoms with van der Waals surface area (Å²) in [7, 11) is 0. The van der Waals surface area contributed by atoms with Crippen molar-refractivity contribution in [3.05, 3.63) is 210 Å². The molecule has 9 aromatic rings. The summed E-state index contributed by atoms with van der Waals surface area (Å²) in [6.45, 7) is 7.10. The van der Waals surface area contributed by atoms with Gasteiger partial charge >= 0.3 is 0 Å². The number of nitrogens with zero attached hydrogens (tertiary/aromatic N) is 1. The molecule has 11 rings (SSSR count). The van der Waals surface area contributed by atoms with Crippen molar-refractivity contribution < 1.29 is 4.42 Å². The van der Waals surface area contributed by atoms with Crippen molar-refractivity contribution in [3.63, 3.8) is 0 Å². The van der Waals surface area contributed by atoms with E-state index in [0.717, 1.165) is 44.6 Å². The van der Waals surface area contributed by atoms with Crippen molar-refractivity contribution in [3.8, 4) is 33.4 Å². The van der Waals surface area contributed by atoms with Crippen LogP contribution in [0.25, 0.3) is 55.3 Å². The van der Waals surface area contributed by atoms with Gasteiger partial charge in [-0.2, -0.15) is 0 Å². The molecule has 0 fully saturated rings. The third-order valence-corrected chi connectivity index (χ3v) is 12.6. The SMILES string of the molecule is CC1(C)c2ccccc2-c2ccc(N(c3ccccc3)c3ccc(-c4cc5oc6ccccc6c5cc4C4(C)c5ccccc5-c5ccccc54)cc3)cc21. The summed E-state index contributed by atoms with van der Waals surface area (Å²) < 4.78 is 6.55. The maximum absolute atomic E-state index is 6.55. The minimum Gasteiger partial charge on any atom is -0.456 e. The molecule has 0 unspecified atom stereocenters. The molecule has 0 saturated heterocycles. The summed E-state index contributed by atoms with van der Waals surface area (Å²) in [6.07, 6.45) is 0. The second kappa shape index (κ2) is 11.7. The van der Waals surface area contributed by atoms with Gasteiger partial charge in [0.15, 0.2) is 0 Å². The Morgan fingerprint density at radius 3 is 1.62 bits per heavy atom. The number of rotatable bonds is 5. The smallest absolute Gasteiger partial charge is 0.136 e. The molecule has 0 spiro atoms. The number of fused-ring (bicyclic) bond motifs is 9. The number of para-hydroxylation sites is 2. The van der Waals surface area contributed by atoms with E-state index >= 15 is 0 Å². The van der Waals surface area contributed by atoms with Gasteiger partial charge in [0.2, 0.25) is 0 Å². The van der Waals surface area contributed by atoms with E-state index in [-0.39, 0.29) is 10.8 Å². The lowest BCUT2D eigenvalue weighted by Crippen LogP contribution is -2.23. The van der Waals surface area contributed by atoms with Crippen LogP contribution in [0, 0.1) is 0 Å². The Morgan fingerprint density at radius 1 is 0.364 bits per heavy atom. The molecule has 55 heavy (non-hydrogen) atoms. The van der Waals surface area contributed by atoms with Gasteiger partial charge < -0.3 is 9.32 Å². The van der Waals surface area contributed by atoms with E-state index in [1.165, 1.54) is 55.6 Å². The van der Waals surface area contributed by atoms with Crippen molar-refractivity contribution in [2.24, 2.45) is 0 Å². The standard InChI is InChI=1S/C53H39NO/c1-52(2)45-21-11-7-17-38(45)41-30-29-37(31-48(41)52)54(35-15-5-4-6-16-35)36-27-25-34(26-28-36)43-33-51-44(42-20-10-14-24-50(42)55-51)32-49(43)53(3)46-22-12-8-18-39(46)40-19-9-13-23-47(40)53/h4-33H,1-3H3. The highest BCUT2D eigenvalue weighted by Crippen LogP contribution is 2.55. The second-order valence-electron chi connectivity index (χ2n) is 15.8. The van der Waals surface area contributed by atoms with E-state index in [1.807, 2.05) is 0 Å². The zero-order valence-electron chi connectivity index (χ0n) is 31.2. The summed E-state index contributed by atoms with van der Waals surface area (Å²) in [5.41, 5.74) is 19.0. The molecule has 2 heteroatoms. The van der Waals surface area contributed by atoms with Crippen LogP contribution in [0.2, 0.25) is 0 Å². The molecular weight excluding hydrogens is 667 g/mol. The Kier molecular flexibility index (Phi) is 6.76. The van der Waals surface area contributed by atoms with Crippen LogP contribution in [0.15, 0.2) is 186 Å². The van der Waals surface area contributed by atoms with Crippen LogP contribution in [-0.2, 0) is 10.8 Å². The third-order valence-electron chi connectivity index (χ3n) is 12.6. The van der Waals surface area contributed by atoms with Gasteiger partial charge in [0.25, 0.3) is 0 Å². The summed E-state index contributed by atoms with van der Waals surface area (Å²) >= 11 is 0. The minimum absolute atomic E-state index is 0.0898. The van der Waals surface area contributed by atoms with Crippen LogP contribution in [0.3, 0.4) is 0 Å². The molecule has 0 radical (unpaired) electrons. The molecular formula is C53H39NO. The monoisotopic (exact) mass is 705 g/mol. The predicted molar refractivity (Wildman–Crippen MR) is 229 cm³/mol. The lowest BCUT2D eigenvalue weighted by molar-refractivity contribution is 0.660. The van der Waals surface area contributed by atoms with Crippen molar-refractivity contribution >= 4 is 39.0 Å². The lowest BCUT2D eigenvalue weighted by atomic mass is 9.71. The van der Waals surface area contributed by atoms with E-state index in [0.29, 0.717) is 0 Å². The van der Waals surface area contributed by atoms with E-state index in [1.54, 1.807) is 0 Å². The quantitative estimate of drug-likeness (QED) is 0.177. The number of hydrogen-bond donors (Lipinski definition) is 0. The van der Waals surface area contributed by atoms with Gasteiger partial charge in [-0.3, -0.25) is 0 Å². The molecule has 0 amide bonds. The Balaban J connectivity index is 1.09. The summed E-state index contributed by atoms with van der Waals surface area (Å²) in [5.74, 6) is 0. The highest BCUT2D eigenvalue weighted by Gasteiger charge is 2.42. The normalized spacial score (nSPS) is 14.4. The highest BCUT2D eigenvalue weighted by molar-refractivity contribution is 6.07. The molecule has 2 aliphatic rings. The lowest BCUT2D eigenvalue weighted by Gasteiger charge is -2.31. The molecule has 8 aromatic carbocycles. The Labute approximate surface area is 322 Å². The summed E-state index contributed by atoms with van der Waals surface area (Å²) in [4.78, 5) is 2.39. The first-order valence-corrected chi connectivity index (χ1v) is 19.3. The molecule has 0 N–H and O–H groups in total. The van der Waals surface area contributed by atoms with Gasteiger partial charge in [0.1, 0.15) is 11.2 Å². The number of hydrogen-bond acceptors (Lipinski definition) is 2. The van der Waals surface area contributed by atoms with Crippen molar-refractivity contribution in [1.29, 1.82) is 0 Å². The highest BCUT2D eigenvalue weighted by atomic mass is 16.3. The van der Waals surface area contributed by atoms with Crippen LogP contribution < -0.4 is 4.90 Å². The first kappa shape index (κ1) is 31.8. The topological polar surface area (TPSA) is 16.4 Å². The predicted octanol–water partition coefficient (Wildman–Crippen LogP) is 14.4. The van der Waals surface area contributed by atoms with Gasteiger partial charge in [-0.05, 0) is 123 Å². The molecule has 1 heterocycles. The molecule has 1 aromatic heterocycles. The van der Waals surface area contributed by atoms with Gasteiger partial charge in [0.05, 0.1) is 0 Å². The molecule has 0 saturated carbocycles. The van der Waals surface area contributed by atoms with E-state index < -0.39 is 0 Å². The largest absolute Gasteiger partial charge is 0.456 e. The van der Waals surface area contributed by atoms with E-state index in [9.17, 15) is 0 Å². The molecule has 2 nitrogen and oxygen atoms in total. The van der Waals surface area contributed by atoms with Crippen LogP contribution in [0.1, 0.15) is 48.6 Å². The van der Waals surface area contributed by atoms with Gasteiger partial charge in [-0.15, -0.1) is 0 Å². The fraction of sp³-hybridized carbons (Fsp3) is 0.0943. The maximum atomic E-state index is 6.55. The van der Waals surface area contributed by atoms with Gasteiger partial charge in [0, 0.05) is 38.7 Å². The molecule has 0 aliphatic heterocycles. The van der Waals surface area contributed by atoms with Crippen LogP contribution in [0.4, 0.5) is 17.1 Å². The Morgan fingerprint density at radius 2 is 0.909 bits per heavy atom. The third kappa shape index (κ3) is 4.55. The zero-order chi connectivity index (χ0) is 36.9. The average Bonchev–Trinajstić information content (AvgIpc) is 3.81. The summed E-state index contributed by atoms with van der Waals surface area (Å²) in [5, 5.41) is 2.29. The van der Waals surface area contributed by atoms with Crippen molar-refractivity contribution in [2.75, 3.05) is 4.90 Å². The Hall–Kier alpha value is -6.64. The second-order valence-corrected chi connectivity index (χ2v) is 15.8. The van der Waals surface area contributed by atoms with Crippen molar-refractivity contribution in [2.45, 2.75) is 31.6 Å². The number of anilines is 3. The first-order valence-electron chi connectivity index (χ1n) is 19.3. The fourth-order valence-corrected chi connectivity index (χ4v) is 9.81. The average molecular weight is 706 g/mol.